The van der Waals surface area contributed by atoms with Gasteiger partial charge in [0, 0.05) is 0 Å². The fourth-order valence-corrected chi connectivity index (χ4v) is 4.47. The number of ether oxygens (including phenoxy) is 2. The van der Waals surface area contributed by atoms with Crippen molar-refractivity contribution >= 4 is 57.6 Å². The highest BCUT2D eigenvalue weighted by molar-refractivity contribution is 8.27. The first-order valence-corrected chi connectivity index (χ1v) is 11.3. The van der Waals surface area contributed by atoms with Crippen molar-refractivity contribution in [2.24, 2.45) is 0 Å². The van der Waals surface area contributed by atoms with Crippen LogP contribution in [0.4, 0.5) is 10.1 Å². The number of rotatable bonds is 7. The number of benzene rings is 3. The van der Waals surface area contributed by atoms with Crippen LogP contribution in [0.5, 0.6) is 11.5 Å². The number of anilines is 1. The smallest absolute Gasteiger partial charge is 0.270 e. The monoisotopic (exact) mass is 485 g/mol. The van der Waals surface area contributed by atoms with Crippen LogP contribution in [-0.4, -0.2) is 23.4 Å². The number of nitrogens with zero attached hydrogens (tertiary/aromatic N) is 1. The molecule has 3 aromatic rings. The zero-order chi connectivity index (χ0) is 22.5. The van der Waals surface area contributed by atoms with Gasteiger partial charge >= 0.3 is 0 Å². The number of carbonyl (C=O) groups is 1. The van der Waals surface area contributed by atoms with Crippen LogP contribution < -0.4 is 14.4 Å². The summed E-state index contributed by atoms with van der Waals surface area (Å²) in [6, 6.07) is 21.0. The van der Waals surface area contributed by atoms with Gasteiger partial charge < -0.3 is 9.47 Å². The number of thioether (sulfide) groups is 1. The van der Waals surface area contributed by atoms with Gasteiger partial charge in [-0.05, 0) is 54.1 Å². The maximum absolute atomic E-state index is 13.5. The van der Waals surface area contributed by atoms with Crippen molar-refractivity contribution < 1.29 is 18.7 Å². The lowest BCUT2D eigenvalue weighted by atomic mass is 10.2. The van der Waals surface area contributed by atoms with Crippen LogP contribution in [0.3, 0.4) is 0 Å². The van der Waals surface area contributed by atoms with E-state index in [0.29, 0.717) is 33.9 Å². The second-order valence-electron chi connectivity index (χ2n) is 6.70. The summed E-state index contributed by atoms with van der Waals surface area (Å²) in [7, 11) is 0. The van der Waals surface area contributed by atoms with Gasteiger partial charge in [-0.1, -0.05) is 65.9 Å². The topological polar surface area (TPSA) is 38.8 Å². The van der Waals surface area contributed by atoms with Crippen LogP contribution in [0, 0.1) is 5.82 Å². The lowest BCUT2D eigenvalue weighted by Gasteiger charge is -2.14. The van der Waals surface area contributed by atoms with Gasteiger partial charge in [0.05, 0.1) is 15.6 Å². The van der Waals surface area contributed by atoms with Crippen molar-refractivity contribution in [3.63, 3.8) is 0 Å². The van der Waals surface area contributed by atoms with Gasteiger partial charge in [-0.2, -0.15) is 0 Å². The Morgan fingerprint density at radius 1 is 0.969 bits per heavy atom. The molecule has 0 spiro atoms. The molecule has 4 nitrogen and oxygen atoms in total. The Hall–Kier alpha value is -2.87. The van der Waals surface area contributed by atoms with Crippen molar-refractivity contribution in [1.29, 1.82) is 0 Å². The minimum atomic E-state index is -0.553. The van der Waals surface area contributed by atoms with E-state index >= 15 is 0 Å². The Labute approximate surface area is 199 Å². The molecule has 0 saturated carbocycles. The molecule has 32 heavy (non-hydrogen) atoms. The van der Waals surface area contributed by atoms with Gasteiger partial charge in [0.25, 0.3) is 5.91 Å². The van der Waals surface area contributed by atoms with Crippen molar-refractivity contribution in [1.82, 2.24) is 0 Å². The van der Waals surface area contributed by atoms with Crippen LogP contribution >= 0.6 is 35.6 Å². The predicted molar refractivity (Wildman–Crippen MR) is 131 cm³/mol. The molecule has 0 aromatic heterocycles. The van der Waals surface area contributed by atoms with Gasteiger partial charge in [-0.3, -0.25) is 9.69 Å². The molecule has 1 saturated heterocycles. The SMILES string of the molecule is O=C1/C(=C\c2cccc(OCCOc3ccccc3)c2)SC(=S)N1c1ccc(F)c(Cl)c1. The fraction of sp³-hybridized carbons (Fsp3) is 0.0833. The summed E-state index contributed by atoms with van der Waals surface area (Å²) in [5.74, 6) is 0.609. The van der Waals surface area contributed by atoms with Crippen LogP contribution in [-0.2, 0) is 4.79 Å². The Kier molecular flexibility index (Phi) is 7.09. The summed E-state index contributed by atoms with van der Waals surface area (Å²) >= 11 is 12.4. The molecule has 1 fully saturated rings. The molecule has 8 heteroatoms. The number of halogens is 2. The van der Waals surface area contributed by atoms with Crippen LogP contribution in [0.2, 0.25) is 5.02 Å². The van der Waals surface area contributed by atoms with E-state index < -0.39 is 5.82 Å². The van der Waals surface area contributed by atoms with E-state index in [0.717, 1.165) is 11.3 Å². The molecule has 3 aromatic carbocycles. The number of hydrogen-bond acceptors (Lipinski definition) is 5. The highest BCUT2D eigenvalue weighted by Crippen LogP contribution is 2.37. The summed E-state index contributed by atoms with van der Waals surface area (Å²) in [4.78, 5) is 14.7. The minimum absolute atomic E-state index is 0.0679. The quantitative estimate of drug-likeness (QED) is 0.222. The highest BCUT2D eigenvalue weighted by Gasteiger charge is 2.33. The number of amides is 1. The Morgan fingerprint density at radius 2 is 1.69 bits per heavy atom. The number of thiocarbonyl (C=S) groups is 1. The molecular weight excluding hydrogens is 469 g/mol. The molecule has 0 N–H and O–H groups in total. The second kappa shape index (κ2) is 10.2. The predicted octanol–water partition coefficient (Wildman–Crippen LogP) is 6.34. The maximum Gasteiger partial charge on any atom is 0.270 e. The van der Waals surface area contributed by atoms with Gasteiger partial charge in [-0.25, -0.2) is 4.39 Å². The van der Waals surface area contributed by atoms with E-state index in [-0.39, 0.29) is 10.9 Å². The van der Waals surface area contributed by atoms with E-state index in [1.54, 1.807) is 6.08 Å². The molecular formula is C24H17ClFNO3S2. The largest absolute Gasteiger partial charge is 0.490 e. The zero-order valence-corrected chi connectivity index (χ0v) is 19.1. The molecule has 1 amide bonds. The summed E-state index contributed by atoms with van der Waals surface area (Å²) in [6.07, 6.45) is 1.75. The lowest BCUT2D eigenvalue weighted by molar-refractivity contribution is -0.113. The normalized spacial score (nSPS) is 14.8. The van der Waals surface area contributed by atoms with Gasteiger partial charge in [0.2, 0.25) is 0 Å². The first-order valence-electron chi connectivity index (χ1n) is 9.65. The summed E-state index contributed by atoms with van der Waals surface area (Å²) in [5, 5.41) is -0.0679. The second-order valence-corrected chi connectivity index (χ2v) is 8.78. The third kappa shape index (κ3) is 5.30. The third-order valence-corrected chi connectivity index (χ3v) is 6.07. The first kappa shape index (κ1) is 22.3. The van der Waals surface area contributed by atoms with Gasteiger partial charge in [0.1, 0.15) is 30.5 Å². The van der Waals surface area contributed by atoms with Gasteiger partial charge in [-0.15, -0.1) is 0 Å². The molecule has 0 unspecified atom stereocenters. The minimum Gasteiger partial charge on any atom is -0.490 e. The van der Waals surface area contributed by atoms with Crippen molar-refractivity contribution in [2.75, 3.05) is 18.1 Å². The van der Waals surface area contributed by atoms with E-state index in [1.807, 2.05) is 54.6 Å². The number of hydrogen-bond donors (Lipinski definition) is 0. The summed E-state index contributed by atoms with van der Waals surface area (Å²) in [5.41, 5.74) is 1.22. The Bertz CT molecular complexity index is 1190. The van der Waals surface area contributed by atoms with E-state index in [2.05, 4.69) is 0 Å². The highest BCUT2D eigenvalue weighted by atomic mass is 35.5. The average molecular weight is 486 g/mol. The van der Waals surface area contributed by atoms with E-state index in [9.17, 15) is 9.18 Å². The molecule has 4 rings (SSSR count). The number of para-hydroxylation sites is 1. The molecule has 0 atom stereocenters. The Morgan fingerprint density at radius 3 is 2.44 bits per heavy atom. The first-order chi connectivity index (χ1) is 15.5. The summed E-state index contributed by atoms with van der Waals surface area (Å²) in [6.45, 7) is 0.791. The fourth-order valence-electron chi connectivity index (χ4n) is 3.00. The molecule has 1 heterocycles. The maximum atomic E-state index is 13.5. The van der Waals surface area contributed by atoms with Crippen LogP contribution in [0.15, 0.2) is 77.7 Å². The van der Waals surface area contributed by atoms with Crippen LogP contribution in [0.25, 0.3) is 6.08 Å². The van der Waals surface area contributed by atoms with Gasteiger partial charge in [0.15, 0.2) is 4.32 Å². The average Bonchev–Trinajstić information content (AvgIpc) is 3.07. The molecule has 1 aliphatic heterocycles. The summed E-state index contributed by atoms with van der Waals surface area (Å²) < 4.78 is 25.2. The molecule has 1 aliphatic rings. The van der Waals surface area contributed by atoms with Crippen molar-refractivity contribution in [2.45, 2.75) is 0 Å². The molecule has 0 bridgehead atoms. The molecule has 0 aliphatic carbocycles. The number of carbonyl (C=O) groups excluding carboxylic acids is 1. The zero-order valence-electron chi connectivity index (χ0n) is 16.7. The van der Waals surface area contributed by atoms with Crippen molar-refractivity contribution in [3.8, 4) is 11.5 Å². The third-order valence-electron chi connectivity index (χ3n) is 4.47. The molecule has 162 valence electrons. The van der Waals surface area contributed by atoms with Crippen molar-refractivity contribution in [3.05, 3.63) is 94.1 Å². The Balaban J connectivity index is 1.41. The lowest BCUT2D eigenvalue weighted by Crippen LogP contribution is -2.27. The van der Waals surface area contributed by atoms with Crippen LogP contribution in [0.1, 0.15) is 5.56 Å². The van der Waals surface area contributed by atoms with E-state index in [1.165, 1.54) is 34.9 Å². The standard InChI is InChI=1S/C24H17ClFNO3S2/c25-20-15-17(9-10-21(20)26)27-23(28)22(32-24(27)31)14-16-5-4-8-19(13-16)30-12-11-29-18-6-2-1-3-7-18/h1-10,13-15H,11-12H2/b22-14+. The molecule has 0 radical (unpaired) electrons. The van der Waals surface area contributed by atoms with E-state index in [4.69, 9.17) is 33.3 Å².